The fraction of sp³-hybridized carbons (Fsp3) is 0.474. The van der Waals surface area contributed by atoms with Crippen LogP contribution in [0.4, 0.5) is 13.2 Å². The number of halogens is 3. The minimum atomic E-state index is -4.45. The van der Waals surface area contributed by atoms with Gasteiger partial charge in [-0.3, -0.25) is 4.79 Å². The number of aliphatic hydroxyl groups excluding tert-OH is 1. The predicted octanol–water partition coefficient (Wildman–Crippen LogP) is 3.66. The Morgan fingerprint density at radius 1 is 1.33 bits per heavy atom. The Balaban J connectivity index is 1.87. The molecule has 3 rings (SSSR count). The van der Waals surface area contributed by atoms with Crippen LogP contribution in [-0.2, 0) is 6.18 Å². The lowest BCUT2D eigenvalue weighted by Crippen LogP contribution is -2.50. The van der Waals surface area contributed by atoms with E-state index in [-0.39, 0.29) is 23.9 Å². The molecule has 0 unspecified atom stereocenters. The monoisotopic (exact) mass is 381 g/mol. The Morgan fingerprint density at radius 3 is 2.78 bits per heavy atom. The standard InChI is InChI=1S/C19H22F3N3O2/c1-2-8-18(13-26)9-4-10-24(18)17(27)16-7-11-25(23-16)15-6-3-5-14(12-15)19(20,21)22/h3,5-7,11-12,26H,2,4,8-10,13H2,1H3/t18-/m0/s1. The van der Waals surface area contributed by atoms with Crippen molar-refractivity contribution in [3.8, 4) is 5.69 Å². The number of carbonyl (C=O) groups excluding carboxylic acids is 1. The Labute approximate surface area is 155 Å². The van der Waals surface area contributed by atoms with E-state index in [0.29, 0.717) is 13.0 Å². The number of amides is 1. The number of benzene rings is 1. The summed E-state index contributed by atoms with van der Waals surface area (Å²) in [5, 5.41) is 14.1. The van der Waals surface area contributed by atoms with Gasteiger partial charge < -0.3 is 10.0 Å². The summed E-state index contributed by atoms with van der Waals surface area (Å²) in [5.41, 5.74) is -0.966. The lowest BCUT2D eigenvalue weighted by atomic mass is 9.91. The van der Waals surface area contributed by atoms with Crippen LogP contribution in [0.3, 0.4) is 0 Å². The summed E-state index contributed by atoms with van der Waals surface area (Å²) in [6.45, 7) is 2.43. The van der Waals surface area contributed by atoms with Gasteiger partial charge in [-0.2, -0.15) is 18.3 Å². The number of likely N-dealkylation sites (tertiary alicyclic amines) is 1. The third-order valence-electron chi connectivity index (χ3n) is 5.10. The third-order valence-corrected chi connectivity index (χ3v) is 5.10. The lowest BCUT2D eigenvalue weighted by molar-refractivity contribution is -0.137. The number of hydrogen-bond donors (Lipinski definition) is 1. The van der Waals surface area contributed by atoms with Gasteiger partial charge in [0.1, 0.15) is 0 Å². The molecule has 1 atom stereocenters. The van der Waals surface area contributed by atoms with Gasteiger partial charge in [0.25, 0.3) is 5.91 Å². The van der Waals surface area contributed by atoms with E-state index in [1.165, 1.54) is 29.1 Å². The quantitative estimate of drug-likeness (QED) is 0.860. The van der Waals surface area contributed by atoms with Crippen LogP contribution in [0.5, 0.6) is 0 Å². The largest absolute Gasteiger partial charge is 0.416 e. The first-order valence-corrected chi connectivity index (χ1v) is 8.97. The Kier molecular flexibility index (Phi) is 5.28. The predicted molar refractivity (Wildman–Crippen MR) is 93.6 cm³/mol. The van der Waals surface area contributed by atoms with Gasteiger partial charge in [-0.15, -0.1) is 0 Å². The van der Waals surface area contributed by atoms with E-state index in [1.54, 1.807) is 4.90 Å². The first kappa shape index (κ1) is 19.4. The minimum Gasteiger partial charge on any atom is -0.394 e. The molecule has 0 aliphatic carbocycles. The molecule has 27 heavy (non-hydrogen) atoms. The molecule has 0 spiro atoms. The van der Waals surface area contributed by atoms with Gasteiger partial charge in [0.15, 0.2) is 5.69 Å². The number of rotatable bonds is 5. The maximum Gasteiger partial charge on any atom is 0.416 e. The van der Waals surface area contributed by atoms with Crippen molar-refractivity contribution in [2.45, 2.75) is 44.3 Å². The number of carbonyl (C=O) groups is 1. The van der Waals surface area contributed by atoms with Gasteiger partial charge in [0.2, 0.25) is 0 Å². The van der Waals surface area contributed by atoms with Crippen LogP contribution in [0.15, 0.2) is 36.5 Å². The van der Waals surface area contributed by atoms with Gasteiger partial charge in [-0.05, 0) is 43.5 Å². The van der Waals surface area contributed by atoms with Crippen molar-refractivity contribution >= 4 is 5.91 Å². The highest BCUT2D eigenvalue weighted by molar-refractivity contribution is 5.93. The molecule has 1 aromatic carbocycles. The number of aromatic nitrogens is 2. The lowest BCUT2D eigenvalue weighted by Gasteiger charge is -2.36. The third kappa shape index (κ3) is 3.71. The van der Waals surface area contributed by atoms with Crippen LogP contribution in [-0.4, -0.2) is 44.4 Å². The topological polar surface area (TPSA) is 58.4 Å². The zero-order valence-electron chi connectivity index (χ0n) is 15.0. The van der Waals surface area contributed by atoms with E-state index in [9.17, 15) is 23.1 Å². The number of aliphatic hydroxyl groups is 1. The fourth-order valence-electron chi connectivity index (χ4n) is 3.77. The zero-order chi connectivity index (χ0) is 19.7. The van der Waals surface area contributed by atoms with Gasteiger partial charge in [-0.1, -0.05) is 19.4 Å². The average Bonchev–Trinajstić information content (AvgIpc) is 3.29. The van der Waals surface area contributed by atoms with E-state index in [4.69, 9.17) is 0 Å². The molecule has 0 saturated carbocycles. The first-order valence-electron chi connectivity index (χ1n) is 8.97. The van der Waals surface area contributed by atoms with E-state index in [0.717, 1.165) is 31.4 Å². The maximum absolute atomic E-state index is 12.9. The summed E-state index contributed by atoms with van der Waals surface area (Å²) in [6.07, 6.45) is 0.0993. The second-order valence-corrected chi connectivity index (χ2v) is 6.89. The zero-order valence-corrected chi connectivity index (χ0v) is 15.0. The molecule has 1 saturated heterocycles. The summed E-state index contributed by atoms with van der Waals surface area (Å²) in [7, 11) is 0. The van der Waals surface area contributed by atoms with Crippen LogP contribution < -0.4 is 0 Å². The summed E-state index contributed by atoms with van der Waals surface area (Å²) in [4.78, 5) is 14.6. The Hall–Kier alpha value is -2.35. The second-order valence-electron chi connectivity index (χ2n) is 6.89. The summed E-state index contributed by atoms with van der Waals surface area (Å²) >= 11 is 0. The highest BCUT2D eigenvalue weighted by Gasteiger charge is 2.43. The molecule has 1 N–H and O–H groups in total. The smallest absolute Gasteiger partial charge is 0.394 e. The molecule has 1 aromatic heterocycles. The number of hydrogen-bond acceptors (Lipinski definition) is 3. The molecular formula is C19H22F3N3O2. The normalized spacial score (nSPS) is 20.3. The molecule has 1 aliphatic heterocycles. The van der Waals surface area contributed by atoms with Crippen molar-refractivity contribution in [2.24, 2.45) is 0 Å². The summed E-state index contributed by atoms with van der Waals surface area (Å²) in [5.74, 6) is -0.305. The highest BCUT2D eigenvalue weighted by atomic mass is 19.4. The fourth-order valence-corrected chi connectivity index (χ4v) is 3.77. The van der Waals surface area contributed by atoms with Gasteiger partial charge in [0.05, 0.1) is 23.4 Å². The van der Waals surface area contributed by atoms with E-state index in [2.05, 4.69) is 5.10 Å². The second kappa shape index (κ2) is 7.34. The molecule has 2 aromatic rings. The van der Waals surface area contributed by atoms with Crippen molar-refractivity contribution in [1.29, 1.82) is 0 Å². The van der Waals surface area contributed by atoms with Crippen LogP contribution in [0.2, 0.25) is 0 Å². The maximum atomic E-state index is 12.9. The van der Waals surface area contributed by atoms with Crippen LogP contribution >= 0.6 is 0 Å². The molecule has 0 radical (unpaired) electrons. The van der Waals surface area contributed by atoms with E-state index in [1.807, 2.05) is 6.92 Å². The SMILES string of the molecule is CCC[C@@]1(CO)CCCN1C(=O)c1ccn(-c2cccc(C(F)(F)F)c2)n1. The van der Waals surface area contributed by atoms with Crippen molar-refractivity contribution in [3.05, 3.63) is 47.8 Å². The van der Waals surface area contributed by atoms with E-state index >= 15 is 0 Å². The van der Waals surface area contributed by atoms with Crippen molar-refractivity contribution < 1.29 is 23.1 Å². The molecule has 146 valence electrons. The molecule has 1 aliphatic rings. The molecule has 1 fully saturated rings. The molecule has 8 heteroatoms. The highest BCUT2D eigenvalue weighted by Crippen LogP contribution is 2.34. The Morgan fingerprint density at radius 2 is 2.11 bits per heavy atom. The minimum absolute atomic E-state index is 0.110. The summed E-state index contributed by atoms with van der Waals surface area (Å²) in [6, 6.07) is 6.28. The first-order chi connectivity index (χ1) is 12.8. The Bertz CT molecular complexity index is 819. The molecular weight excluding hydrogens is 359 g/mol. The van der Waals surface area contributed by atoms with Crippen LogP contribution in [0.1, 0.15) is 48.7 Å². The molecule has 5 nitrogen and oxygen atoms in total. The van der Waals surface area contributed by atoms with Crippen LogP contribution in [0.25, 0.3) is 5.69 Å². The van der Waals surface area contributed by atoms with E-state index < -0.39 is 17.3 Å². The van der Waals surface area contributed by atoms with Gasteiger partial charge >= 0.3 is 6.18 Å². The van der Waals surface area contributed by atoms with Crippen molar-refractivity contribution in [2.75, 3.05) is 13.2 Å². The van der Waals surface area contributed by atoms with Gasteiger partial charge in [-0.25, -0.2) is 4.68 Å². The molecule has 2 heterocycles. The molecule has 0 bridgehead atoms. The summed E-state index contributed by atoms with van der Waals surface area (Å²) < 4.78 is 40.0. The number of nitrogens with zero attached hydrogens (tertiary/aromatic N) is 3. The van der Waals surface area contributed by atoms with Gasteiger partial charge in [0, 0.05) is 12.7 Å². The number of alkyl halides is 3. The molecule has 1 amide bonds. The van der Waals surface area contributed by atoms with Crippen molar-refractivity contribution in [1.82, 2.24) is 14.7 Å². The van der Waals surface area contributed by atoms with Crippen LogP contribution in [0, 0.1) is 0 Å². The average molecular weight is 381 g/mol. The van der Waals surface area contributed by atoms with Crippen molar-refractivity contribution in [3.63, 3.8) is 0 Å².